The van der Waals surface area contributed by atoms with Crippen LogP contribution in [-0.2, 0) is 10.8 Å². The van der Waals surface area contributed by atoms with Crippen LogP contribution in [0, 0.1) is 0 Å². The molecule has 6 aromatic carbocycles. The summed E-state index contributed by atoms with van der Waals surface area (Å²) in [5.41, 5.74) is 9.52. The average molecular weight is 847 g/mol. The second-order valence-electron chi connectivity index (χ2n) is 12.6. The van der Waals surface area contributed by atoms with Crippen molar-refractivity contribution in [3.05, 3.63) is 172 Å². The first-order valence-electron chi connectivity index (χ1n) is 17.3. The minimum atomic E-state index is -1.29. The highest BCUT2D eigenvalue weighted by molar-refractivity contribution is 7.84. The van der Waals surface area contributed by atoms with Gasteiger partial charge in [-0.2, -0.15) is 0 Å². The van der Waals surface area contributed by atoms with Gasteiger partial charge in [0.05, 0.1) is 52.0 Å². The third kappa shape index (κ3) is 7.98. The van der Waals surface area contributed by atoms with Gasteiger partial charge in [0.2, 0.25) is 5.28 Å². The molecule has 0 fully saturated rings. The quantitative estimate of drug-likeness (QED) is 0.123. The summed E-state index contributed by atoms with van der Waals surface area (Å²) >= 11 is 26.8. The highest BCUT2D eigenvalue weighted by Gasteiger charge is 2.18. The molecule has 0 radical (unpaired) electrons. The standard InChI is InChI=1S/C23H16Cl2N2OS.C22H12Cl2N2S/c1-29(28)22-18(8-5-9-19(22)24)23-26-20(14-21(25)27-23)17-12-10-16(11-13-17)15-6-3-2-4-7-15;23-17-8-4-7-16-19-21(27-20(16)17)18(25-22(24)26-19)15-11-9-14(10-12-15)13-5-2-1-3-6-13/h2-14H,1H3;1-12H. The molecule has 0 amide bonds. The van der Waals surface area contributed by atoms with Crippen molar-refractivity contribution in [2.75, 3.05) is 6.26 Å². The van der Waals surface area contributed by atoms with Gasteiger partial charge >= 0.3 is 0 Å². The molecule has 0 aliphatic carbocycles. The molecule has 0 bridgehead atoms. The fourth-order valence-electron chi connectivity index (χ4n) is 6.38. The maximum atomic E-state index is 12.2. The number of halogens is 4. The van der Waals surface area contributed by atoms with E-state index in [2.05, 4.69) is 68.5 Å². The van der Waals surface area contributed by atoms with Crippen molar-refractivity contribution in [3.63, 3.8) is 0 Å². The van der Waals surface area contributed by atoms with Crippen LogP contribution in [-0.4, -0.2) is 30.4 Å². The molecule has 0 aliphatic rings. The van der Waals surface area contributed by atoms with E-state index in [1.165, 1.54) is 5.56 Å². The van der Waals surface area contributed by atoms with E-state index < -0.39 is 10.8 Å². The average Bonchev–Trinajstić information content (AvgIpc) is 3.61. The van der Waals surface area contributed by atoms with Crippen LogP contribution in [0.5, 0.6) is 0 Å². The molecule has 0 spiro atoms. The molecule has 0 saturated carbocycles. The lowest BCUT2D eigenvalue weighted by Crippen LogP contribution is -1.99. The Hall–Kier alpha value is -4.99. The van der Waals surface area contributed by atoms with E-state index in [0.29, 0.717) is 32.2 Å². The third-order valence-corrected chi connectivity index (χ3v) is 12.5. The van der Waals surface area contributed by atoms with Crippen LogP contribution in [0.2, 0.25) is 20.5 Å². The normalized spacial score (nSPS) is 11.7. The number of fused-ring (bicyclic) bond motifs is 3. The molecule has 11 heteroatoms. The molecule has 0 saturated heterocycles. The van der Waals surface area contributed by atoms with Gasteiger partial charge in [-0.3, -0.25) is 4.21 Å². The van der Waals surface area contributed by atoms with Gasteiger partial charge in [-0.05, 0) is 52.1 Å². The van der Waals surface area contributed by atoms with Gasteiger partial charge < -0.3 is 0 Å². The van der Waals surface area contributed by atoms with Crippen molar-refractivity contribution >= 4 is 88.8 Å². The summed E-state index contributed by atoms with van der Waals surface area (Å²) in [6.07, 6.45) is 1.58. The highest BCUT2D eigenvalue weighted by Crippen LogP contribution is 2.42. The first kappa shape index (κ1) is 37.9. The number of rotatable bonds is 6. The largest absolute Gasteiger partial charge is 0.255 e. The summed E-state index contributed by atoms with van der Waals surface area (Å²) in [6.45, 7) is 0. The molecule has 0 N–H and O–H groups in total. The summed E-state index contributed by atoms with van der Waals surface area (Å²) in [5.74, 6) is 0.396. The van der Waals surface area contributed by atoms with Gasteiger partial charge in [-0.15, -0.1) is 11.3 Å². The maximum absolute atomic E-state index is 12.2. The van der Waals surface area contributed by atoms with Crippen molar-refractivity contribution in [1.82, 2.24) is 19.9 Å². The summed E-state index contributed by atoms with van der Waals surface area (Å²) in [5, 5.41) is 2.70. The summed E-state index contributed by atoms with van der Waals surface area (Å²) in [7, 11) is -1.29. The summed E-state index contributed by atoms with van der Waals surface area (Å²) < 4.78 is 14.2. The molecule has 3 heterocycles. The SMILES string of the molecule is CS(=O)c1c(Cl)cccc1-c1nc(Cl)cc(-c2ccc(-c3ccccc3)cc2)n1.Clc1nc(-c2ccc(-c3ccccc3)cc2)c2sc3c(Cl)cccc3c2n1. The topological polar surface area (TPSA) is 68.6 Å². The van der Waals surface area contributed by atoms with E-state index in [4.69, 9.17) is 46.4 Å². The van der Waals surface area contributed by atoms with Crippen molar-refractivity contribution in [2.45, 2.75) is 4.90 Å². The van der Waals surface area contributed by atoms with Crippen LogP contribution in [0.3, 0.4) is 0 Å². The van der Waals surface area contributed by atoms with Crippen LogP contribution in [0.15, 0.2) is 157 Å². The molecule has 56 heavy (non-hydrogen) atoms. The molecule has 5 nitrogen and oxygen atoms in total. The fraction of sp³-hybridized carbons (Fsp3) is 0.0222. The van der Waals surface area contributed by atoms with Gasteiger partial charge in [-0.25, -0.2) is 19.9 Å². The van der Waals surface area contributed by atoms with E-state index in [9.17, 15) is 4.21 Å². The molecular formula is C45H28Cl4N4OS2. The van der Waals surface area contributed by atoms with Gasteiger partial charge in [0, 0.05) is 34.4 Å². The minimum absolute atomic E-state index is 0.240. The lowest BCUT2D eigenvalue weighted by atomic mass is 10.0. The minimum Gasteiger partial charge on any atom is -0.255 e. The summed E-state index contributed by atoms with van der Waals surface area (Å²) in [4.78, 5) is 18.5. The Morgan fingerprint density at radius 3 is 1.70 bits per heavy atom. The smallest absolute Gasteiger partial charge is 0.223 e. The zero-order valence-corrected chi connectivity index (χ0v) is 34.1. The van der Waals surface area contributed by atoms with Crippen molar-refractivity contribution in [3.8, 4) is 56.2 Å². The monoisotopic (exact) mass is 844 g/mol. The number of aromatic nitrogens is 4. The molecule has 0 aliphatic heterocycles. The molecule has 9 rings (SSSR count). The zero-order chi connectivity index (χ0) is 38.8. The van der Waals surface area contributed by atoms with E-state index in [1.54, 1.807) is 41.9 Å². The molecule has 1 unspecified atom stereocenters. The maximum Gasteiger partial charge on any atom is 0.223 e. The van der Waals surface area contributed by atoms with Crippen LogP contribution in [0.4, 0.5) is 0 Å². The number of hydrogen-bond acceptors (Lipinski definition) is 6. The second kappa shape index (κ2) is 16.6. The Morgan fingerprint density at radius 2 is 1.07 bits per heavy atom. The van der Waals surface area contributed by atoms with E-state index in [-0.39, 0.29) is 5.28 Å². The van der Waals surface area contributed by atoms with Gasteiger partial charge in [0.15, 0.2) is 5.82 Å². The highest BCUT2D eigenvalue weighted by atomic mass is 35.5. The molecular weight excluding hydrogens is 818 g/mol. The lowest BCUT2D eigenvalue weighted by molar-refractivity contribution is 0.687. The molecule has 9 aromatic rings. The Morgan fingerprint density at radius 1 is 0.518 bits per heavy atom. The van der Waals surface area contributed by atoms with Gasteiger partial charge in [-0.1, -0.05) is 162 Å². The summed E-state index contributed by atoms with van der Waals surface area (Å²) in [6, 6.07) is 49.8. The molecule has 274 valence electrons. The van der Waals surface area contributed by atoms with Crippen LogP contribution < -0.4 is 0 Å². The number of hydrogen-bond donors (Lipinski definition) is 0. The third-order valence-electron chi connectivity index (χ3n) is 9.01. The van der Waals surface area contributed by atoms with Crippen LogP contribution in [0.1, 0.15) is 0 Å². The van der Waals surface area contributed by atoms with E-state index in [1.807, 2.05) is 78.9 Å². The first-order chi connectivity index (χ1) is 27.2. The predicted octanol–water partition coefficient (Wildman–Crippen LogP) is 14.0. The van der Waals surface area contributed by atoms with Gasteiger partial charge in [0.1, 0.15) is 5.15 Å². The molecule has 3 aromatic heterocycles. The number of nitrogens with zero attached hydrogens (tertiary/aromatic N) is 4. The number of benzene rings is 6. The van der Waals surface area contributed by atoms with E-state index in [0.717, 1.165) is 58.8 Å². The fourth-order valence-corrected chi connectivity index (χ4v) is 9.49. The zero-order valence-electron chi connectivity index (χ0n) is 29.5. The van der Waals surface area contributed by atoms with Crippen molar-refractivity contribution in [1.29, 1.82) is 0 Å². The molecule has 1 atom stereocenters. The first-order valence-corrected chi connectivity index (χ1v) is 21.1. The van der Waals surface area contributed by atoms with Crippen LogP contribution in [0.25, 0.3) is 76.5 Å². The van der Waals surface area contributed by atoms with Crippen LogP contribution >= 0.6 is 57.7 Å². The Labute approximate surface area is 350 Å². The second-order valence-corrected chi connectivity index (χ2v) is 16.5. The Balaban J connectivity index is 0.000000158. The van der Waals surface area contributed by atoms with E-state index >= 15 is 0 Å². The number of thiophene rings is 1. The Kier molecular flexibility index (Phi) is 11.3. The predicted molar refractivity (Wildman–Crippen MR) is 237 cm³/mol. The Bertz CT molecular complexity index is 2870. The van der Waals surface area contributed by atoms with Crippen molar-refractivity contribution < 1.29 is 4.21 Å². The van der Waals surface area contributed by atoms with Crippen molar-refractivity contribution in [2.24, 2.45) is 0 Å². The lowest BCUT2D eigenvalue weighted by Gasteiger charge is -2.10. The van der Waals surface area contributed by atoms with Gasteiger partial charge in [0.25, 0.3) is 0 Å².